The predicted octanol–water partition coefficient (Wildman–Crippen LogP) is 1.70. The molecule has 0 radical (unpaired) electrons. The van der Waals surface area contributed by atoms with Gasteiger partial charge in [-0.3, -0.25) is 0 Å². The Morgan fingerprint density at radius 2 is 2.22 bits per heavy atom. The van der Waals surface area contributed by atoms with Crippen molar-refractivity contribution in [2.45, 2.75) is 44.2 Å². The molecule has 2 aliphatic rings. The van der Waals surface area contributed by atoms with Crippen molar-refractivity contribution in [1.82, 2.24) is 9.97 Å². The second kappa shape index (κ2) is 4.55. The van der Waals surface area contributed by atoms with Crippen molar-refractivity contribution in [3.05, 3.63) is 18.6 Å². The van der Waals surface area contributed by atoms with Gasteiger partial charge in [-0.1, -0.05) is 12.8 Å². The smallest absolute Gasteiger partial charge is 0.326 e. The van der Waals surface area contributed by atoms with Gasteiger partial charge in [-0.05, 0) is 31.2 Å². The third-order valence-corrected chi connectivity index (χ3v) is 4.20. The SMILES string of the molecule is O=C(O)C1CC2CCCCC2N1c1ccncn1. The lowest BCUT2D eigenvalue weighted by Gasteiger charge is -2.33. The van der Waals surface area contributed by atoms with Crippen molar-refractivity contribution < 1.29 is 9.90 Å². The van der Waals surface area contributed by atoms with Gasteiger partial charge in [0.05, 0.1) is 0 Å². The highest BCUT2D eigenvalue weighted by molar-refractivity contribution is 5.79. The lowest BCUT2D eigenvalue weighted by atomic mass is 9.85. The Morgan fingerprint density at radius 3 is 2.94 bits per heavy atom. The van der Waals surface area contributed by atoms with Crippen LogP contribution in [0.15, 0.2) is 18.6 Å². The summed E-state index contributed by atoms with van der Waals surface area (Å²) in [4.78, 5) is 21.6. The van der Waals surface area contributed by atoms with Gasteiger partial charge in [0.2, 0.25) is 0 Å². The van der Waals surface area contributed by atoms with Crippen LogP contribution in [-0.2, 0) is 4.79 Å². The summed E-state index contributed by atoms with van der Waals surface area (Å²) < 4.78 is 0. The largest absolute Gasteiger partial charge is 0.480 e. The van der Waals surface area contributed by atoms with Crippen molar-refractivity contribution in [3.8, 4) is 0 Å². The molecule has 96 valence electrons. The molecule has 1 aromatic rings. The molecular formula is C13H17N3O2. The molecule has 1 saturated heterocycles. The van der Waals surface area contributed by atoms with Crippen LogP contribution in [0.25, 0.3) is 0 Å². The van der Waals surface area contributed by atoms with Crippen LogP contribution in [0.5, 0.6) is 0 Å². The summed E-state index contributed by atoms with van der Waals surface area (Å²) in [5.74, 6) is 0.532. The second-order valence-electron chi connectivity index (χ2n) is 5.18. The zero-order valence-corrected chi connectivity index (χ0v) is 10.2. The molecule has 2 heterocycles. The summed E-state index contributed by atoms with van der Waals surface area (Å²) >= 11 is 0. The van der Waals surface area contributed by atoms with Gasteiger partial charge in [0.1, 0.15) is 18.2 Å². The second-order valence-corrected chi connectivity index (χ2v) is 5.18. The van der Waals surface area contributed by atoms with Crippen LogP contribution in [0.3, 0.4) is 0 Å². The van der Waals surface area contributed by atoms with Crippen LogP contribution in [-0.4, -0.2) is 33.1 Å². The van der Waals surface area contributed by atoms with Crippen molar-refractivity contribution in [3.63, 3.8) is 0 Å². The summed E-state index contributed by atoms with van der Waals surface area (Å²) in [6, 6.07) is 1.73. The maximum atomic E-state index is 11.4. The number of carboxylic acids is 1. The van der Waals surface area contributed by atoms with Crippen molar-refractivity contribution in [2.24, 2.45) is 5.92 Å². The molecule has 0 bridgehead atoms. The molecule has 18 heavy (non-hydrogen) atoms. The Balaban J connectivity index is 1.94. The first kappa shape index (κ1) is 11.4. The summed E-state index contributed by atoms with van der Waals surface area (Å²) in [5, 5.41) is 9.41. The fraction of sp³-hybridized carbons (Fsp3) is 0.615. The van der Waals surface area contributed by atoms with Crippen LogP contribution in [0.1, 0.15) is 32.1 Å². The van der Waals surface area contributed by atoms with E-state index in [1.807, 2.05) is 11.0 Å². The fourth-order valence-corrected chi connectivity index (χ4v) is 3.45. The summed E-state index contributed by atoms with van der Waals surface area (Å²) in [5.41, 5.74) is 0. The Labute approximate surface area is 106 Å². The summed E-state index contributed by atoms with van der Waals surface area (Å²) in [7, 11) is 0. The van der Waals surface area contributed by atoms with Gasteiger partial charge in [0, 0.05) is 12.2 Å². The number of anilines is 1. The molecule has 0 spiro atoms. The van der Waals surface area contributed by atoms with Crippen molar-refractivity contribution in [1.29, 1.82) is 0 Å². The molecule has 1 aromatic heterocycles. The van der Waals surface area contributed by atoms with Gasteiger partial charge in [-0.25, -0.2) is 14.8 Å². The number of nitrogens with zero attached hydrogens (tertiary/aromatic N) is 3. The molecule has 3 rings (SSSR count). The van der Waals surface area contributed by atoms with E-state index in [0.717, 1.165) is 25.1 Å². The summed E-state index contributed by atoms with van der Waals surface area (Å²) in [6.45, 7) is 0. The number of fused-ring (bicyclic) bond motifs is 1. The highest BCUT2D eigenvalue weighted by Gasteiger charge is 2.45. The third kappa shape index (κ3) is 1.83. The van der Waals surface area contributed by atoms with E-state index in [2.05, 4.69) is 9.97 Å². The molecule has 0 aromatic carbocycles. The Hall–Kier alpha value is -1.65. The topological polar surface area (TPSA) is 66.3 Å². The maximum absolute atomic E-state index is 11.4. The minimum atomic E-state index is -0.733. The molecule has 1 saturated carbocycles. The van der Waals surface area contributed by atoms with Crippen LogP contribution in [0.2, 0.25) is 0 Å². The molecule has 1 aliphatic carbocycles. The molecular weight excluding hydrogens is 230 g/mol. The van der Waals surface area contributed by atoms with Gasteiger partial charge >= 0.3 is 5.97 Å². The van der Waals surface area contributed by atoms with E-state index in [1.54, 1.807) is 6.20 Å². The van der Waals surface area contributed by atoms with Crippen LogP contribution >= 0.6 is 0 Å². The number of aromatic nitrogens is 2. The first-order chi connectivity index (χ1) is 8.77. The van der Waals surface area contributed by atoms with E-state index in [9.17, 15) is 9.90 Å². The molecule has 5 nitrogen and oxygen atoms in total. The van der Waals surface area contributed by atoms with Crippen molar-refractivity contribution >= 4 is 11.8 Å². The first-order valence-corrected chi connectivity index (χ1v) is 6.54. The zero-order chi connectivity index (χ0) is 12.5. The monoisotopic (exact) mass is 247 g/mol. The number of carbonyl (C=O) groups is 1. The summed E-state index contributed by atoms with van der Waals surface area (Å²) in [6.07, 6.45) is 8.57. The van der Waals surface area contributed by atoms with E-state index in [4.69, 9.17) is 0 Å². The van der Waals surface area contributed by atoms with Gasteiger partial charge in [0.15, 0.2) is 0 Å². The highest BCUT2D eigenvalue weighted by Crippen LogP contribution is 2.41. The Kier molecular flexibility index (Phi) is 2.89. The number of hydrogen-bond donors (Lipinski definition) is 1. The van der Waals surface area contributed by atoms with Crippen LogP contribution < -0.4 is 4.90 Å². The van der Waals surface area contributed by atoms with Crippen LogP contribution in [0, 0.1) is 5.92 Å². The van der Waals surface area contributed by atoms with Gasteiger partial charge in [-0.2, -0.15) is 0 Å². The van der Waals surface area contributed by atoms with E-state index >= 15 is 0 Å². The number of hydrogen-bond acceptors (Lipinski definition) is 4. The fourth-order valence-electron chi connectivity index (χ4n) is 3.45. The average molecular weight is 247 g/mol. The predicted molar refractivity (Wildman–Crippen MR) is 66.3 cm³/mol. The standard InChI is InChI=1S/C13H17N3O2/c17-13(18)11-7-9-3-1-2-4-10(9)16(11)12-5-6-14-8-15-12/h5-6,8-11H,1-4,7H2,(H,17,18). The average Bonchev–Trinajstić information content (AvgIpc) is 2.79. The molecule has 1 N–H and O–H groups in total. The van der Waals surface area contributed by atoms with Gasteiger partial charge < -0.3 is 10.0 Å². The molecule has 3 unspecified atom stereocenters. The number of rotatable bonds is 2. The molecule has 5 heteroatoms. The van der Waals surface area contributed by atoms with Crippen molar-refractivity contribution in [2.75, 3.05) is 4.90 Å². The Morgan fingerprint density at radius 1 is 1.39 bits per heavy atom. The maximum Gasteiger partial charge on any atom is 0.326 e. The molecule has 2 fully saturated rings. The Bertz CT molecular complexity index is 437. The quantitative estimate of drug-likeness (QED) is 0.861. The third-order valence-electron chi connectivity index (χ3n) is 4.20. The first-order valence-electron chi connectivity index (χ1n) is 6.54. The molecule has 3 atom stereocenters. The van der Waals surface area contributed by atoms with E-state index in [1.165, 1.54) is 19.2 Å². The lowest BCUT2D eigenvalue weighted by Crippen LogP contribution is -2.42. The van der Waals surface area contributed by atoms with E-state index in [0.29, 0.717) is 12.0 Å². The lowest BCUT2D eigenvalue weighted by molar-refractivity contribution is -0.138. The zero-order valence-electron chi connectivity index (χ0n) is 10.2. The highest BCUT2D eigenvalue weighted by atomic mass is 16.4. The van der Waals surface area contributed by atoms with Crippen LogP contribution in [0.4, 0.5) is 5.82 Å². The normalized spacial score (nSPS) is 31.1. The minimum Gasteiger partial charge on any atom is -0.480 e. The number of aliphatic carboxylic acids is 1. The van der Waals surface area contributed by atoms with Gasteiger partial charge in [0.25, 0.3) is 0 Å². The van der Waals surface area contributed by atoms with E-state index < -0.39 is 12.0 Å². The molecule has 1 aliphatic heterocycles. The van der Waals surface area contributed by atoms with Gasteiger partial charge in [-0.15, -0.1) is 0 Å². The minimum absolute atomic E-state index is 0.342. The number of carboxylic acid groups (broad SMARTS) is 1. The van der Waals surface area contributed by atoms with E-state index in [-0.39, 0.29) is 0 Å². The molecule has 0 amide bonds.